The molecule has 0 spiro atoms. The summed E-state index contributed by atoms with van der Waals surface area (Å²) in [7, 11) is 0. The van der Waals surface area contributed by atoms with Crippen LogP contribution in [0.1, 0.15) is 40.3 Å². The molecule has 4 heterocycles. The van der Waals surface area contributed by atoms with Gasteiger partial charge in [0.05, 0.1) is 21.5 Å². The molecule has 0 saturated carbocycles. The third kappa shape index (κ3) is 3.02. The fraction of sp³-hybridized carbons (Fsp3) is 0.273. The number of hydrogen-bond acceptors (Lipinski definition) is 5. The summed E-state index contributed by atoms with van der Waals surface area (Å²) in [4.78, 5) is 36.5. The van der Waals surface area contributed by atoms with Crippen molar-refractivity contribution >= 4 is 44.1 Å². The highest BCUT2D eigenvalue weighted by molar-refractivity contribution is 7.20. The number of amides is 1. The molecule has 0 unspecified atom stereocenters. The van der Waals surface area contributed by atoms with Crippen LogP contribution in [-0.4, -0.2) is 20.4 Å². The third-order valence-corrected chi connectivity index (χ3v) is 6.68. The van der Waals surface area contributed by atoms with Gasteiger partial charge < -0.3 is 5.32 Å². The van der Waals surface area contributed by atoms with Gasteiger partial charge in [-0.25, -0.2) is 4.98 Å². The zero-order valence-corrected chi connectivity index (χ0v) is 16.9. The third-order valence-electron chi connectivity index (χ3n) is 5.50. The lowest BCUT2D eigenvalue weighted by Crippen LogP contribution is -2.24. The minimum absolute atomic E-state index is 0.0217. The first-order valence-electron chi connectivity index (χ1n) is 9.81. The molecule has 4 aromatic rings. The van der Waals surface area contributed by atoms with E-state index in [9.17, 15) is 9.59 Å². The summed E-state index contributed by atoms with van der Waals surface area (Å²) < 4.78 is 1.80. The highest BCUT2D eigenvalue weighted by atomic mass is 32.1. The lowest BCUT2D eigenvalue weighted by molar-refractivity contribution is 0.103. The van der Waals surface area contributed by atoms with E-state index < -0.39 is 0 Å². The first kappa shape index (κ1) is 18.0. The molecule has 1 N–H and O–H groups in total. The van der Waals surface area contributed by atoms with Gasteiger partial charge in [0.1, 0.15) is 10.7 Å². The lowest BCUT2D eigenvalue weighted by atomic mass is 10.1. The fourth-order valence-corrected chi connectivity index (χ4v) is 5.10. The number of anilines is 1. The largest absolute Gasteiger partial charge is 0.319 e. The normalized spacial score (nSPS) is 14.0. The van der Waals surface area contributed by atoms with Crippen molar-refractivity contribution < 1.29 is 4.79 Å². The maximum absolute atomic E-state index is 13.1. The summed E-state index contributed by atoms with van der Waals surface area (Å²) in [5.41, 5.74) is 2.08. The first-order chi connectivity index (χ1) is 14.1. The number of para-hydroxylation sites is 1. The van der Waals surface area contributed by atoms with Gasteiger partial charge >= 0.3 is 0 Å². The molecule has 0 saturated heterocycles. The second-order valence-electron chi connectivity index (χ2n) is 7.37. The number of fused-ring (bicyclic) bond motifs is 3. The van der Waals surface area contributed by atoms with Crippen molar-refractivity contribution in [3.8, 4) is 0 Å². The zero-order chi connectivity index (χ0) is 20.0. The Hall–Kier alpha value is -3.06. The number of aromatic nitrogens is 3. The molecular formula is C22H20N4O2S. The van der Waals surface area contributed by atoms with E-state index in [0.717, 1.165) is 42.4 Å². The molecule has 6 nitrogen and oxygen atoms in total. The number of benzene rings is 1. The standard InChI is InChI=1S/C22H20N4O2S/c1-13-17-21(25-16-10-3-2-4-12-26(16)22(17)28)29-19(13)20(27)24-15-9-5-7-14-8-6-11-23-18(14)15/h5-9,11H,2-4,10,12H2,1H3,(H,24,27). The van der Waals surface area contributed by atoms with Gasteiger partial charge in [0.25, 0.3) is 11.5 Å². The lowest BCUT2D eigenvalue weighted by Gasteiger charge is -2.08. The van der Waals surface area contributed by atoms with Crippen LogP contribution in [0.5, 0.6) is 0 Å². The Morgan fingerprint density at radius 2 is 2.03 bits per heavy atom. The van der Waals surface area contributed by atoms with Crippen molar-refractivity contribution in [1.82, 2.24) is 14.5 Å². The molecule has 0 bridgehead atoms. The summed E-state index contributed by atoms with van der Waals surface area (Å²) >= 11 is 1.29. The number of carbonyl (C=O) groups is 1. The zero-order valence-electron chi connectivity index (χ0n) is 16.1. The highest BCUT2D eigenvalue weighted by Crippen LogP contribution is 2.30. The number of pyridine rings is 1. The van der Waals surface area contributed by atoms with Gasteiger partial charge in [0.2, 0.25) is 0 Å². The van der Waals surface area contributed by atoms with Crippen LogP contribution in [0, 0.1) is 6.92 Å². The molecule has 146 valence electrons. The summed E-state index contributed by atoms with van der Waals surface area (Å²) in [6.45, 7) is 2.54. The second-order valence-corrected chi connectivity index (χ2v) is 8.37. The maximum atomic E-state index is 13.1. The van der Waals surface area contributed by atoms with Gasteiger partial charge in [0.15, 0.2) is 0 Å². The molecule has 7 heteroatoms. The Kier molecular flexibility index (Phi) is 4.39. The quantitative estimate of drug-likeness (QED) is 0.541. The van der Waals surface area contributed by atoms with E-state index in [0.29, 0.717) is 32.9 Å². The highest BCUT2D eigenvalue weighted by Gasteiger charge is 2.22. The van der Waals surface area contributed by atoms with Gasteiger partial charge in [-0.15, -0.1) is 11.3 Å². The Bertz CT molecular complexity index is 1320. The minimum Gasteiger partial charge on any atom is -0.319 e. The topological polar surface area (TPSA) is 76.9 Å². The number of thiophene rings is 1. The summed E-state index contributed by atoms with van der Waals surface area (Å²) in [5, 5.41) is 4.51. The summed E-state index contributed by atoms with van der Waals surface area (Å²) in [6, 6.07) is 9.52. The molecule has 1 aliphatic rings. The summed E-state index contributed by atoms with van der Waals surface area (Å²) in [6.07, 6.45) is 5.67. The van der Waals surface area contributed by atoms with E-state index in [4.69, 9.17) is 4.98 Å². The molecule has 3 aromatic heterocycles. The average molecular weight is 404 g/mol. The van der Waals surface area contributed by atoms with Gasteiger partial charge in [-0.3, -0.25) is 19.1 Å². The molecule has 0 radical (unpaired) electrons. The Labute approximate surface area is 171 Å². The molecule has 1 amide bonds. The van der Waals surface area contributed by atoms with E-state index in [1.165, 1.54) is 11.3 Å². The number of nitrogens with zero attached hydrogens (tertiary/aromatic N) is 3. The van der Waals surface area contributed by atoms with E-state index in [1.807, 2.05) is 37.3 Å². The molecule has 0 aliphatic carbocycles. The molecule has 1 aromatic carbocycles. The monoisotopic (exact) mass is 404 g/mol. The average Bonchev–Trinajstić information content (AvgIpc) is 2.89. The molecule has 29 heavy (non-hydrogen) atoms. The minimum atomic E-state index is -0.233. The smallest absolute Gasteiger partial charge is 0.266 e. The number of carbonyl (C=O) groups excluding carboxylic acids is 1. The van der Waals surface area contributed by atoms with Crippen LogP contribution in [-0.2, 0) is 13.0 Å². The van der Waals surface area contributed by atoms with Gasteiger partial charge in [-0.1, -0.05) is 24.6 Å². The predicted molar refractivity (Wildman–Crippen MR) is 116 cm³/mol. The van der Waals surface area contributed by atoms with Crippen LogP contribution in [0.25, 0.3) is 21.1 Å². The molecule has 0 fully saturated rings. The first-order valence-corrected chi connectivity index (χ1v) is 10.6. The maximum Gasteiger partial charge on any atom is 0.266 e. The van der Waals surface area contributed by atoms with Crippen LogP contribution in [0.4, 0.5) is 5.69 Å². The van der Waals surface area contributed by atoms with Gasteiger partial charge in [-0.2, -0.15) is 0 Å². The molecular weight excluding hydrogens is 384 g/mol. The number of nitrogens with one attached hydrogen (secondary N) is 1. The van der Waals surface area contributed by atoms with Crippen LogP contribution < -0.4 is 10.9 Å². The summed E-state index contributed by atoms with van der Waals surface area (Å²) in [5.74, 6) is 0.606. The van der Waals surface area contributed by atoms with Crippen molar-refractivity contribution in [1.29, 1.82) is 0 Å². The number of rotatable bonds is 2. The molecule has 1 aliphatic heterocycles. The van der Waals surface area contributed by atoms with Gasteiger partial charge in [0, 0.05) is 24.5 Å². The van der Waals surface area contributed by atoms with Crippen LogP contribution in [0.2, 0.25) is 0 Å². The Morgan fingerprint density at radius 1 is 1.17 bits per heavy atom. The second kappa shape index (κ2) is 7.08. The van der Waals surface area contributed by atoms with Crippen LogP contribution in [0.3, 0.4) is 0 Å². The Balaban J connectivity index is 1.58. The van der Waals surface area contributed by atoms with E-state index in [1.54, 1.807) is 10.8 Å². The number of hydrogen-bond donors (Lipinski definition) is 1. The van der Waals surface area contributed by atoms with E-state index in [-0.39, 0.29) is 11.5 Å². The Morgan fingerprint density at radius 3 is 2.93 bits per heavy atom. The van der Waals surface area contributed by atoms with E-state index >= 15 is 0 Å². The SMILES string of the molecule is Cc1c(C(=O)Nc2cccc3cccnc23)sc2nc3n(c(=O)c12)CCCCC3. The number of aryl methyl sites for hydroxylation is 2. The van der Waals surface area contributed by atoms with Gasteiger partial charge in [-0.05, 0) is 37.5 Å². The van der Waals surface area contributed by atoms with E-state index in [2.05, 4.69) is 10.3 Å². The molecule has 5 rings (SSSR count). The van der Waals surface area contributed by atoms with Crippen molar-refractivity contribution in [3.05, 3.63) is 63.1 Å². The van der Waals surface area contributed by atoms with Crippen molar-refractivity contribution in [2.75, 3.05) is 5.32 Å². The fourth-order valence-electron chi connectivity index (χ4n) is 4.01. The predicted octanol–water partition coefficient (Wildman–Crippen LogP) is 4.29. The molecule has 0 atom stereocenters. The van der Waals surface area contributed by atoms with Crippen LogP contribution >= 0.6 is 11.3 Å². The van der Waals surface area contributed by atoms with Crippen molar-refractivity contribution in [2.24, 2.45) is 0 Å². The van der Waals surface area contributed by atoms with Crippen molar-refractivity contribution in [3.63, 3.8) is 0 Å². The van der Waals surface area contributed by atoms with Crippen molar-refractivity contribution in [2.45, 2.75) is 39.2 Å². The van der Waals surface area contributed by atoms with Crippen LogP contribution in [0.15, 0.2) is 41.3 Å².